The largest absolute Gasteiger partial charge is 0.504 e. The molecule has 0 radical (unpaired) electrons. The van der Waals surface area contributed by atoms with Gasteiger partial charge in [-0.15, -0.1) is 10.2 Å². The molecule has 4 rings (SSSR count). The predicted octanol–water partition coefficient (Wildman–Crippen LogP) is 2.94. The summed E-state index contributed by atoms with van der Waals surface area (Å²) in [5.41, 5.74) is 1.62. The molecule has 180 valence electrons. The van der Waals surface area contributed by atoms with Crippen LogP contribution in [0.1, 0.15) is 47.5 Å². The van der Waals surface area contributed by atoms with Gasteiger partial charge in [-0.1, -0.05) is 12.1 Å². The van der Waals surface area contributed by atoms with Gasteiger partial charge >= 0.3 is 0 Å². The summed E-state index contributed by atoms with van der Waals surface area (Å²) in [6.45, 7) is 7.46. The van der Waals surface area contributed by atoms with Crippen LogP contribution in [0.3, 0.4) is 0 Å². The van der Waals surface area contributed by atoms with E-state index in [9.17, 15) is 9.90 Å². The standard InChI is InChI=1S/C25H31N5O4/c1-4-34-22-14-18(8-9-21(22)31)16-29-11-10-23-27-28-24(30(23)13-12-29)17(2)26-25(32)19-6-5-7-20(15-19)33-3/h5-9,14-15,17,31H,4,10-13,16H2,1-3H3,(H,26,32)/t17-/m1/s1. The highest BCUT2D eigenvalue weighted by Crippen LogP contribution is 2.27. The number of hydrogen-bond acceptors (Lipinski definition) is 7. The fourth-order valence-corrected chi connectivity index (χ4v) is 4.16. The Morgan fingerprint density at radius 1 is 1.18 bits per heavy atom. The fourth-order valence-electron chi connectivity index (χ4n) is 4.16. The van der Waals surface area contributed by atoms with Gasteiger partial charge in [-0.3, -0.25) is 9.69 Å². The highest BCUT2D eigenvalue weighted by molar-refractivity contribution is 5.94. The topological polar surface area (TPSA) is 102 Å². The van der Waals surface area contributed by atoms with Gasteiger partial charge in [0.05, 0.1) is 19.8 Å². The van der Waals surface area contributed by atoms with E-state index in [4.69, 9.17) is 9.47 Å². The van der Waals surface area contributed by atoms with Crippen LogP contribution in [0.4, 0.5) is 0 Å². The summed E-state index contributed by atoms with van der Waals surface area (Å²) in [6, 6.07) is 12.3. The Morgan fingerprint density at radius 2 is 2.03 bits per heavy atom. The third-order valence-electron chi connectivity index (χ3n) is 5.94. The maximum absolute atomic E-state index is 12.7. The molecule has 0 bridgehead atoms. The molecule has 1 amide bonds. The quantitative estimate of drug-likeness (QED) is 0.527. The van der Waals surface area contributed by atoms with Crippen molar-refractivity contribution < 1.29 is 19.4 Å². The van der Waals surface area contributed by atoms with Crippen molar-refractivity contribution in [2.75, 3.05) is 26.8 Å². The molecule has 0 spiro atoms. The van der Waals surface area contributed by atoms with E-state index in [1.165, 1.54) is 0 Å². The molecule has 0 aliphatic carbocycles. The molecule has 1 atom stereocenters. The van der Waals surface area contributed by atoms with Gasteiger partial charge in [-0.25, -0.2) is 0 Å². The summed E-state index contributed by atoms with van der Waals surface area (Å²) in [7, 11) is 1.58. The first-order valence-corrected chi connectivity index (χ1v) is 11.5. The number of fused-ring (bicyclic) bond motifs is 1. The van der Waals surface area contributed by atoms with Gasteiger partial charge in [0.1, 0.15) is 11.6 Å². The van der Waals surface area contributed by atoms with Crippen molar-refractivity contribution >= 4 is 5.91 Å². The summed E-state index contributed by atoms with van der Waals surface area (Å²) in [5, 5.41) is 21.8. The van der Waals surface area contributed by atoms with E-state index in [-0.39, 0.29) is 17.7 Å². The third kappa shape index (κ3) is 5.31. The van der Waals surface area contributed by atoms with Crippen LogP contribution in [-0.2, 0) is 19.5 Å². The third-order valence-corrected chi connectivity index (χ3v) is 5.94. The first-order chi connectivity index (χ1) is 16.5. The van der Waals surface area contributed by atoms with Crippen molar-refractivity contribution in [3.8, 4) is 17.2 Å². The minimum absolute atomic E-state index is 0.155. The number of phenolic OH excluding ortho intramolecular Hbond substituents is 1. The molecule has 2 heterocycles. The molecule has 0 saturated carbocycles. The SMILES string of the molecule is CCOc1cc(CN2CCc3nnc([C@@H](C)NC(=O)c4cccc(OC)c4)n3CC2)ccc1O. The summed E-state index contributed by atoms with van der Waals surface area (Å²) in [5.74, 6) is 2.78. The van der Waals surface area contributed by atoms with Gasteiger partial charge < -0.3 is 24.5 Å². The number of aromatic nitrogens is 3. The number of amides is 1. The average molecular weight is 466 g/mol. The van der Waals surface area contributed by atoms with E-state index >= 15 is 0 Å². The van der Waals surface area contributed by atoms with Crippen molar-refractivity contribution in [1.82, 2.24) is 25.0 Å². The van der Waals surface area contributed by atoms with Gasteiger partial charge in [-0.2, -0.15) is 0 Å². The van der Waals surface area contributed by atoms with Crippen LogP contribution < -0.4 is 14.8 Å². The highest BCUT2D eigenvalue weighted by atomic mass is 16.5. The molecule has 1 aliphatic heterocycles. The van der Waals surface area contributed by atoms with E-state index in [1.807, 2.05) is 26.0 Å². The number of carbonyl (C=O) groups is 1. The van der Waals surface area contributed by atoms with Crippen LogP contribution in [0.5, 0.6) is 17.2 Å². The van der Waals surface area contributed by atoms with Crippen molar-refractivity contribution in [3.63, 3.8) is 0 Å². The molecule has 9 nitrogen and oxygen atoms in total. The Hall–Kier alpha value is -3.59. The molecule has 0 fully saturated rings. The van der Waals surface area contributed by atoms with Gasteiger partial charge in [0.2, 0.25) is 0 Å². The minimum Gasteiger partial charge on any atom is -0.504 e. The van der Waals surface area contributed by atoms with E-state index < -0.39 is 0 Å². The van der Waals surface area contributed by atoms with Crippen LogP contribution in [0, 0.1) is 0 Å². The second-order valence-corrected chi connectivity index (χ2v) is 8.31. The summed E-state index contributed by atoms with van der Waals surface area (Å²) in [6.07, 6.45) is 0.764. The Labute approximate surface area is 199 Å². The molecule has 1 aromatic heterocycles. The molecule has 2 aromatic carbocycles. The Kier molecular flexibility index (Phi) is 7.32. The number of carbonyl (C=O) groups excluding carboxylic acids is 1. The number of benzene rings is 2. The number of methoxy groups -OCH3 is 1. The van der Waals surface area contributed by atoms with Crippen LogP contribution >= 0.6 is 0 Å². The lowest BCUT2D eigenvalue weighted by molar-refractivity contribution is 0.0937. The van der Waals surface area contributed by atoms with E-state index in [0.29, 0.717) is 23.7 Å². The molecule has 9 heteroatoms. The molecule has 0 saturated heterocycles. The first kappa shape index (κ1) is 23.6. The zero-order valence-electron chi connectivity index (χ0n) is 19.8. The lowest BCUT2D eigenvalue weighted by atomic mass is 10.2. The number of nitrogens with one attached hydrogen (secondary N) is 1. The van der Waals surface area contributed by atoms with Gasteiger partial charge in [-0.05, 0) is 49.7 Å². The number of hydrogen-bond donors (Lipinski definition) is 2. The predicted molar refractivity (Wildman–Crippen MR) is 127 cm³/mol. The summed E-state index contributed by atoms with van der Waals surface area (Å²) in [4.78, 5) is 15.1. The van der Waals surface area contributed by atoms with Gasteiger partial charge in [0, 0.05) is 38.2 Å². The van der Waals surface area contributed by atoms with Crippen LogP contribution in [0.15, 0.2) is 42.5 Å². The van der Waals surface area contributed by atoms with Gasteiger partial charge in [0.15, 0.2) is 17.3 Å². The number of phenols is 1. The Balaban J connectivity index is 1.41. The molecule has 2 N–H and O–H groups in total. The first-order valence-electron chi connectivity index (χ1n) is 11.5. The van der Waals surface area contributed by atoms with E-state index in [1.54, 1.807) is 37.4 Å². The maximum atomic E-state index is 12.7. The number of rotatable bonds is 8. The maximum Gasteiger partial charge on any atom is 0.251 e. The lowest BCUT2D eigenvalue weighted by Gasteiger charge is -2.21. The normalized spacial score (nSPS) is 14.7. The monoisotopic (exact) mass is 465 g/mol. The second-order valence-electron chi connectivity index (χ2n) is 8.31. The molecule has 34 heavy (non-hydrogen) atoms. The van der Waals surface area contributed by atoms with E-state index in [0.717, 1.165) is 49.8 Å². The molecular formula is C25H31N5O4. The van der Waals surface area contributed by atoms with Crippen LogP contribution in [0.25, 0.3) is 0 Å². The Bertz CT molecular complexity index is 1150. The lowest BCUT2D eigenvalue weighted by Crippen LogP contribution is -2.30. The summed E-state index contributed by atoms with van der Waals surface area (Å²) >= 11 is 0. The van der Waals surface area contributed by atoms with Crippen molar-refractivity contribution in [3.05, 3.63) is 65.2 Å². The smallest absolute Gasteiger partial charge is 0.251 e. The number of nitrogens with zero attached hydrogens (tertiary/aromatic N) is 4. The van der Waals surface area contributed by atoms with E-state index in [2.05, 4.69) is 25.0 Å². The van der Waals surface area contributed by atoms with Gasteiger partial charge in [0.25, 0.3) is 5.91 Å². The van der Waals surface area contributed by atoms with Crippen molar-refractivity contribution in [2.24, 2.45) is 0 Å². The molecule has 0 unspecified atom stereocenters. The van der Waals surface area contributed by atoms with Crippen molar-refractivity contribution in [1.29, 1.82) is 0 Å². The average Bonchev–Trinajstić information content (AvgIpc) is 3.15. The van der Waals surface area contributed by atoms with Crippen LogP contribution in [0.2, 0.25) is 0 Å². The minimum atomic E-state index is -0.294. The summed E-state index contributed by atoms with van der Waals surface area (Å²) < 4.78 is 12.8. The number of aromatic hydroxyl groups is 1. The number of ether oxygens (including phenoxy) is 2. The molecule has 3 aromatic rings. The molecular weight excluding hydrogens is 434 g/mol. The molecule has 1 aliphatic rings. The zero-order chi connectivity index (χ0) is 24.1. The van der Waals surface area contributed by atoms with Crippen LogP contribution in [-0.4, -0.2) is 57.5 Å². The Morgan fingerprint density at radius 3 is 2.82 bits per heavy atom. The second kappa shape index (κ2) is 10.6. The fraction of sp³-hybridized carbons (Fsp3) is 0.400. The van der Waals surface area contributed by atoms with Crippen molar-refractivity contribution in [2.45, 2.75) is 39.4 Å². The highest BCUT2D eigenvalue weighted by Gasteiger charge is 2.23. The zero-order valence-corrected chi connectivity index (χ0v) is 19.8.